The van der Waals surface area contributed by atoms with Gasteiger partial charge in [-0.25, -0.2) is 13.1 Å². The minimum atomic E-state index is -3.37. The number of hydrogen-bond donors (Lipinski definition) is 2. The van der Waals surface area contributed by atoms with E-state index < -0.39 is 20.8 Å². The fourth-order valence-electron chi connectivity index (χ4n) is 1.66. The van der Waals surface area contributed by atoms with Crippen LogP contribution in [0.15, 0.2) is 24.3 Å². The fraction of sp³-hybridized carbons (Fsp3) is 0.500. The van der Waals surface area contributed by atoms with Gasteiger partial charge < -0.3 is 5.73 Å². The molecule has 5 nitrogen and oxygen atoms in total. The van der Waals surface area contributed by atoms with Gasteiger partial charge in [0.15, 0.2) is 0 Å². The first-order chi connectivity index (χ1) is 8.94. The average molecular weight is 304 g/mol. The van der Waals surface area contributed by atoms with Crippen LogP contribution in [-0.2, 0) is 33.1 Å². The highest BCUT2D eigenvalue weighted by Crippen LogP contribution is 2.11. The summed E-state index contributed by atoms with van der Waals surface area (Å²) in [7, 11) is -4.26. The second-order valence-corrected chi connectivity index (χ2v) is 7.62. The smallest absolute Gasteiger partial charge is 0.215 e. The molecule has 3 N–H and O–H groups in total. The summed E-state index contributed by atoms with van der Waals surface area (Å²) >= 11 is 0. The molecule has 1 aromatic rings. The Morgan fingerprint density at radius 3 is 2.47 bits per heavy atom. The van der Waals surface area contributed by atoms with Crippen LogP contribution in [0.5, 0.6) is 0 Å². The standard InChI is InChI=1S/C12H20N2O3S2/c1-18(15)8-4-7-14-19(16,17)10-12-6-3-2-5-11(12)9-13/h2-3,5-6,14H,4,7-10,13H2,1H3. The monoisotopic (exact) mass is 304 g/mol. The summed E-state index contributed by atoms with van der Waals surface area (Å²) in [5, 5.41) is 0. The Bertz CT molecular complexity index is 530. The third kappa shape index (κ3) is 6.29. The van der Waals surface area contributed by atoms with Crippen LogP contribution < -0.4 is 10.5 Å². The first-order valence-electron chi connectivity index (χ1n) is 5.99. The lowest BCUT2D eigenvalue weighted by molar-refractivity contribution is 0.579. The van der Waals surface area contributed by atoms with E-state index in [-0.39, 0.29) is 5.75 Å². The van der Waals surface area contributed by atoms with Gasteiger partial charge in [-0.05, 0) is 17.5 Å². The Kier molecular flexibility index (Phi) is 6.64. The van der Waals surface area contributed by atoms with Crippen LogP contribution >= 0.6 is 0 Å². The van der Waals surface area contributed by atoms with E-state index in [0.29, 0.717) is 25.3 Å². The Morgan fingerprint density at radius 1 is 1.26 bits per heavy atom. The van der Waals surface area contributed by atoms with E-state index in [9.17, 15) is 12.6 Å². The number of benzene rings is 1. The molecule has 1 rings (SSSR count). The zero-order valence-corrected chi connectivity index (χ0v) is 12.6. The topological polar surface area (TPSA) is 89.3 Å². The molecule has 0 aliphatic carbocycles. The van der Waals surface area contributed by atoms with Crippen molar-refractivity contribution in [1.82, 2.24) is 4.72 Å². The molecule has 0 aromatic heterocycles. The first kappa shape index (κ1) is 16.3. The molecular formula is C12H20N2O3S2. The quantitative estimate of drug-likeness (QED) is 0.678. The van der Waals surface area contributed by atoms with Crippen LogP contribution in [0.4, 0.5) is 0 Å². The molecule has 0 heterocycles. The van der Waals surface area contributed by atoms with Gasteiger partial charge in [-0.1, -0.05) is 24.3 Å². The van der Waals surface area contributed by atoms with Crippen molar-refractivity contribution < 1.29 is 12.6 Å². The van der Waals surface area contributed by atoms with Crippen LogP contribution in [0.25, 0.3) is 0 Å². The van der Waals surface area contributed by atoms with Gasteiger partial charge in [0.05, 0.1) is 5.75 Å². The molecule has 0 saturated carbocycles. The van der Waals surface area contributed by atoms with Gasteiger partial charge in [-0.3, -0.25) is 4.21 Å². The summed E-state index contributed by atoms with van der Waals surface area (Å²) in [6.07, 6.45) is 2.17. The van der Waals surface area contributed by atoms with E-state index in [1.165, 1.54) is 0 Å². The molecule has 0 amide bonds. The van der Waals surface area contributed by atoms with Crippen molar-refractivity contribution in [1.29, 1.82) is 0 Å². The number of rotatable bonds is 8. The molecule has 0 fully saturated rings. The molecule has 7 heteroatoms. The Labute approximate surface area is 117 Å². The van der Waals surface area contributed by atoms with Crippen LogP contribution in [0, 0.1) is 0 Å². The van der Waals surface area contributed by atoms with Crippen LogP contribution in [-0.4, -0.2) is 31.2 Å². The molecule has 0 radical (unpaired) electrons. The van der Waals surface area contributed by atoms with Crippen molar-refractivity contribution in [3.8, 4) is 0 Å². The van der Waals surface area contributed by atoms with E-state index >= 15 is 0 Å². The predicted molar refractivity (Wildman–Crippen MR) is 78.5 cm³/mol. The van der Waals surface area contributed by atoms with Gasteiger partial charge in [0.1, 0.15) is 0 Å². The average Bonchev–Trinajstić information content (AvgIpc) is 2.35. The van der Waals surface area contributed by atoms with Crippen LogP contribution in [0.1, 0.15) is 17.5 Å². The predicted octanol–water partition coefficient (Wildman–Crippen LogP) is 0.333. The minimum absolute atomic E-state index is 0.0738. The second kappa shape index (κ2) is 7.74. The van der Waals surface area contributed by atoms with E-state index in [4.69, 9.17) is 5.73 Å². The summed E-state index contributed by atoms with van der Waals surface area (Å²) in [6, 6.07) is 7.22. The molecular weight excluding hydrogens is 284 g/mol. The highest BCUT2D eigenvalue weighted by Gasteiger charge is 2.13. The summed E-state index contributed by atoms with van der Waals surface area (Å²) in [5.41, 5.74) is 7.13. The SMILES string of the molecule is CS(=O)CCCNS(=O)(=O)Cc1ccccc1CN. The third-order valence-corrected chi connectivity index (χ3v) is 4.81. The summed E-state index contributed by atoms with van der Waals surface area (Å²) in [4.78, 5) is 0. The Morgan fingerprint density at radius 2 is 1.89 bits per heavy atom. The summed E-state index contributed by atoms with van der Waals surface area (Å²) in [5.74, 6) is 0.428. The maximum Gasteiger partial charge on any atom is 0.215 e. The van der Waals surface area contributed by atoms with Crippen molar-refractivity contribution >= 4 is 20.8 Å². The van der Waals surface area contributed by atoms with Gasteiger partial charge in [-0.2, -0.15) is 0 Å². The van der Waals surface area contributed by atoms with Crippen molar-refractivity contribution in [2.45, 2.75) is 18.7 Å². The number of nitrogens with two attached hydrogens (primary N) is 1. The van der Waals surface area contributed by atoms with Crippen molar-refractivity contribution in [2.75, 3.05) is 18.6 Å². The molecule has 0 aliphatic rings. The summed E-state index contributed by atoms with van der Waals surface area (Å²) in [6.45, 7) is 0.632. The van der Waals surface area contributed by atoms with Crippen LogP contribution in [0.3, 0.4) is 0 Å². The molecule has 0 aliphatic heterocycles. The minimum Gasteiger partial charge on any atom is -0.326 e. The van der Waals surface area contributed by atoms with Gasteiger partial charge in [0.25, 0.3) is 0 Å². The molecule has 1 atom stereocenters. The van der Waals surface area contributed by atoms with Crippen LogP contribution in [0.2, 0.25) is 0 Å². The zero-order chi connectivity index (χ0) is 14.3. The number of sulfonamides is 1. The fourth-order valence-corrected chi connectivity index (χ4v) is 3.46. The normalized spacial score (nSPS) is 13.4. The second-order valence-electron chi connectivity index (χ2n) is 4.26. The number of nitrogens with one attached hydrogen (secondary N) is 1. The lowest BCUT2D eigenvalue weighted by Gasteiger charge is -2.09. The van der Waals surface area contributed by atoms with E-state index in [1.807, 2.05) is 12.1 Å². The molecule has 0 bridgehead atoms. The lowest BCUT2D eigenvalue weighted by atomic mass is 10.1. The summed E-state index contributed by atoms with van der Waals surface area (Å²) < 4.78 is 37.1. The molecule has 1 unspecified atom stereocenters. The highest BCUT2D eigenvalue weighted by atomic mass is 32.2. The Balaban J connectivity index is 2.56. The van der Waals surface area contributed by atoms with E-state index in [0.717, 1.165) is 11.1 Å². The maximum atomic E-state index is 11.9. The molecule has 0 spiro atoms. The van der Waals surface area contributed by atoms with Gasteiger partial charge >= 0.3 is 0 Å². The van der Waals surface area contributed by atoms with Crippen molar-refractivity contribution in [3.63, 3.8) is 0 Å². The number of hydrogen-bond acceptors (Lipinski definition) is 4. The van der Waals surface area contributed by atoms with E-state index in [2.05, 4.69) is 4.72 Å². The van der Waals surface area contributed by atoms with Gasteiger partial charge in [0.2, 0.25) is 10.0 Å². The van der Waals surface area contributed by atoms with Crippen molar-refractivity contribution in [3.05, 3.63) is 35.4 Å². The first-order valence-corrected chi connectivity index (χ1v) is 9.37. The van der Waals surface area contributed by atoms with E-state index in [1.54, 1.807) is 18.4 Å². The van der Waals surface area contributed by atoms with Gasteiger partial charge in [0, 0.05) is 35.9 Å². The highest BCUT2D eigenvalue weighted by molar-refractivity contribution is 7.88. The molecule has 19 heavy (non-hydrogen) atoms. The maximum absolute atomic E-state index is 11.9. The zero-order valence-electron chi connectivity index (χ0n) is 11.0. The Hall–Kier alpha value is -0.760. The third-order valence-electron chi connectivity index (χ3n) is 2.61. The molecule has 108 valence electrons. The molecule has 1 aromatic carbocycles. The van der Waals surface area contributed by atoms with Gasteiger partial charge in [-0.15, -0.1) is 0 Å². The molecule has 0 saturated heterocycles. The largest absolute Gasteiger partial charge is 0.326 e. The lowest BCUT2D eigenvalue weighted by Crippen LogP contribution is -2.27. The van der Waals surface area contributed by atoms with Crippen molar-refractivity contribution in [2.24, 2.45) is 5.73 Å².